The van der Waals surface area contributed by atoms with E-state index in [0.717, 1.165) is 19.0 Å². The van der Waals surface area contributed by atoms with Crippen molar-refractivity contribution in [2.24, 2.45) is 16.7 Å². The Kier molecular flexibility index (Phi) is 6.67. The molecule has 1 atom stereocenters. The van der Waals surface area contributed by atoms with Gasteiger partial charge in [0.05, 0.1) is 25.5 Å². The number of nitrogens with zero attached hydrogens (tertiary/aromatic N) is 4. The van der Waals surface area contributed by atoms with Gasteiger partial charge >= 0.3 is 0 Å². The number of hydrogen-bond acceptors (Lipinski definition) is 6. The second-order valence-corrected chi connectivity index (χ2v) is 13.8. The first-order valence-corrected chi connectivity index (χ1v) is 14.7. The maximum atomic E-state index is 14.4. The number of methoxy groups -OCH3 is 1. The lowest BCUT2D eigenvalue weighted by molar-refractivity contribution is -0.162. The van der Waals surface area contributed by atoms with Crippen molar-refractivity contribution in [1.82, 2.24) is 30.3 Å². The number of alkyl halides is 2. The Morgan fingerprint density at radius 1 is 1.10 bits per heavy atom. The van der Waals surface area contributed by atoms with Crippen LogP contribution in [0.4, 0.5) is 13.2 Å². The van der Waals surface area contributed by atoms with Crippen LogP contribution in [0.1, 0.15) is 70.3 Å². The molecule has 2 saturated carbocycles. The summed E-state index contributed by atoms with van der Waals surface area (Å²) in [6, 6.07) is 2.75. The van der Waals surface area contributed by atoms with Crippen molar-refractivity contribution in [2.45, 2.75) is 83.3 Å². The van der Waals surface area contributed by atoms with E-state index < -0.39 is 11.7 Å². The molecule has 2 aliphatic heterocycles. The Balaban J connectivity index is 1.11. The van der Waals surface area contributed by atoms with E-state index in [1.54, 1.807) is 0 Å². The van der Waals surface area contributed by atoms with E-state index in [9.17, 15) is 22.8 Å². The number of amides is 2. The van der Waals surface area contributed by atoms with Crippen LogP contribution >= 0.6 is 0 Å². The van der Waals surface area contributed by atoms with E-state index >= 15 is 0 Å². The number of H-pyrrole nitrogens is 1. The fraction of sp³-hybridized carbons (Fsp3) is 0.667. The normalized spacial score (nSPS) is 28.8. The van der Waals surface area contributed by atoms with Crippen LogP contribution in [-0.2, 0) is 4.79 Å². The van der Waals surface area contributed by atoms with Crippen molar-refractivity contribution in [1.29, 1.82) is 0 Å². The highest BCUT2D eigenvalue weighted by atomic mass is 19.3. The molecular weight excluding hydrogens is 549 g/mol. The average Bonchev–Trinajstić information content (AvgIpc) is 3.34. The summed E-state index contributed by atoms with van der Waals surface area (Å²) in [6.45, 7) is 8.78. The van der Waals surface area contributed by atoms with E-state index in [2.05, 4.69) is 48.2 Å². The number of likely N-dealkylation sites (tertiary alicyclic amines) is 2. The minimum absolute atomic E-state index is 0.0318. The van der Waals surface area contributed by atoms with E-state index in [-0.39, 0.29) is 82.0 Å². The molecule has 12 heteroatoms. The van der Waals surface area contributed by atoms with Crippen LogP contribution in [0.15, 0.2) is 18.3 Å². The number of carbonyl (C=O) groups is 2. The summed E-state index contributed by atoms with van der Waals surface area (Å²) in [5, 5.41) is 10.2. The Morgan fingerprint density at radius 3 is 2.43 bits per heavy atom. The summed E-state index contributed by atoms with van der Waals surface area (Å²) in [7, 11) is 1.44. The van der Waals surface area contributed by atoms with Gasteiger partial charge in [-0.1, -0.05) is 27.7 Å². The number of rotatable bonds is 6. The number of carbonyl (C=O) groups excluding carboxylic acids is 2. The van der Waals surface area contributed by atoms with Gasteiger partial charge in [-0.15, -0.1) is 0 Å². The molecule has 228 valence electrons. The van der Waals surface area contributed by atoms with E-state index in [1.165, 1.54) is 19.2 Å². The molecule has 2 amide bonds. The predicted octanol–water partition coefficient (Wildman–Crippen LogP) is 4.26. The van der Waals surface area contributed by atoms with Gasteiger partial charge in [0.1, 0.15) is 5.69 Å². The van der Waals surface area contributed by atoms with Gasteiger partial charge in [0, 0.05) is 65.5 Å². The summed E-state index contributed by atoms with van der Waals surface area (Å²) in [5.74, 6) is -3.50. The molecule has 4 aliphatic rings. The fourth-order valence-electron chi connectivity index (χ4n) is 8.49. The molecule has 1 spiro atoms. The first kappa shape index (κ1) is 28.9. The summed E-state index contributed by atoms with van der Waals surface area (Å²) in [5.41, 5.74) is -0.393. The van der Waals surface area contributed by atoms with E-state index in [4.69, 9.17) is 4.74 Å². The van der Waals surface area contributed by atoms with E-state index in [0.29, 0.717) is 25.9 Å². The van der Waals surface area contributed by atoms with Gasteiger partial charge in [0.25, 0.3) is 11.8 Å². The quantitative estimate of drug-likeness (QED) is 0.523. The van der Waals surface area contributed by atoms with Crippen LogP contribution in [-0.4, -0.2) is 87.1 Å². The summed E-state index contributed by atoms with van der Waals surface area (Å²) < 4.78 is 47.5. The monoisotopic (exact) mass is 588 g/mol. The lowest BCUT2D eigenvalue weighted by Crippen LogP contribution is -2.77. The van der Waals surface area contributed by atoms with Crippen molar-refractivity contribution >= 4 is 11.8 Å². The number of piperidine rings is 1. The lowest BCUT2D eigenvalue weighted by Gasteiger charge is -2.67. The maximum absolute atomic E-state index is 14.4. The fourth-order valence-corrected chi connectivity index (χ4v) is 8.49. The summed E-state index contributed by atoms with van der Waals surface area (Å²) in [6.07, 6.45) is 3.64. The summed E-state index contributed by atoms with van der Waals surface area (Å²) >= 11 is 0. The summed E-state index contributed by atoms with van der Waals surface area (Å²) in [4.78, 5) is 34.7. The number of aromatic amines is 1. The number of hydrogen-bond donors (Lipinski definition) is 2. The van der Waals surface area contributed by atoms with Crippen LogP contribution in [0, 0.1) is 22.6 Å². The predicted molar refractivity (Wildman–Crippen MR) is 148 cm³/mol. The second-order valence-electron chi connectivity index (χ2n) is 13.8. The van der Waals surface area contributed by atoms with E-state index in [1.807, 2.05) is 9.80 Å². The molecule has 4 fully saturated rings. The standard InChI is InChI=1S/C30H39F3N6O3/c1-27(2)25(28(3,4)26(27)38-11-9-30(32,33)16-38)35-23(40)17-6-10-39(29(14-17)7-8-29)24(41)21-13-20(36-37-21)18-12-22(42-5)34-15-19(18)31/h12-13,15,17,25-26H,6-11,14,16H2,1-5H3,(H,35,40)(H,36,37)/t17-,25?,26?/m0/s1. The zero-order valence-electron chi connectivity index (χ0n) is 24.8. The van der Waals surface area contributed by atoms with Crippen molar-refractivity contribution < 1.29 is 27.5 Å². The highest BCUT2D eigenvalue weighted by Crippen LogP contribution is 2.58. The Morgan fingerprint density at radius 2 is 1.81 bits per heavy atom. The van der Waals surface area contributed by atoms with Crippen LogP contribution < -0.4 is 10.1 Å². The molecule has 2 aromatic rings. The maximum Gasteiger partial charge on any atom is 0.272 e. The Labute approximate surface area is 243 Å². The highest BCUT2D eigenvalue weighted by molar-refractivity contribution is 5.94. The zero-order chi connectivity index (χ0) is 30.2. The molecule has 2 aliphatic carbocycles. The van der Waals surface area contributed by atoms with Crippen LogP contribution in [0.2, 0.25) is 0 Å². The number of halogens is 3. The van der Waals surface area contributed by atoms with Crippen LogP contribution in [0.5, 0.6) is 5.88 Å². The highest BCUT2D eigenvalue weighted by Gasteiger charge is 2.66. The second kappa shape index (κ2) is 9.68. The molecule has 0 radical (unpaired) electrons. The van der Waals surface area contributed by atoms with Gasteiger partial charge < -0.3 is 15.0 Å². The van der Waals surface area contributed by atoms with Gasteiger partial charge in [-0.2, -0.15) is 5.10 Å². The molecule has 42 heavy (non-hydrogen) atoms. The van der Waals surface area contributed by atoms with Crippen LogP contribution in [0.3, 0.4) is 0 Å². The van der Waals surface area contributed by atoms with Crippen LogP contribution in [0.25, 0.3) is 11.3 Å². The molecule has 6 rings (SSSR count). The lowest BCUT2D eigenvalue weighted by atomic mass is 9.47. The molecule has 0 bridgehead atoms. The van der Waals surface area contributed by atoms with Gasteiger partial charge in [-0.05, 0) is 31.7 Å². The molecule has 2 saturated heterocycles. The topological polar surface area (TPSA) is 103 Å². The SMILES string of the molecule is COc1cc(-c2cc(C(=O)N3CC[C@H](C(=O)NC4C(C)(C)C(N5CCC(F)(F)C5)C4(C)C)CC34CC4)[nH]n2)c(F)cn1. The third kappa shape index (κ3) is 4.66. The Hall–Kier alpha value is -3.15. The van der Waals surface area contributed by atoms with Crippen molar-refractivity contribution in [3.63, 3.8) is 0 Å². The van der Waals surface area contributed by atoms with Gasteiger partial charge in [0.2, 0.25) is 11.8 Å². The number of pyridine rings is 1. The van der Waals surface area contributed by atoms with Crippen molar-refractivity contribution in [2.75, 3.05) is 26.7 Å². The number of ether oxygens (including phenoxy) is 1. The van der Waals surface area contributed by atoms with Crippen molar-refractivity contribution in [3.8, 4) is 17.1 Å². The third-order valence-electron chi connectivity index (χ3n) is 10.2. The largest absolute Gasteiger partial charge is 0.481 e. The Bertz CT molecular complexity index is 1390. The first-order valence-electron chi connectivity index (χ1n) is 14.7. The molecule has 4 heterocycles. The molecule has 2 N–H and O–H groups in total. The average molecular weight is 589 g/mol. The minimum Gasteiger partial charge on any atom is -0.481 e. The molecule has 2 aromatic heterocycles. The first-order chi connectivity index (χ1) is 19.7. The van der Waals surface area contributed by atoms with Gasteiger partial charge in [-0.25, -0.2) is 18.2 Å². The molecule has 9 nitrogen and oxygen atoms in total. The van der Waals surface area contributed by atoms with Gasteiger partial charge in [0.15, 0.2) is 5.82 Å². The number of aromatic nitrogens is 3. The molecule has 0 aromatic carbocycles. The minimum atomic E-state index is -2.66. The van der Waals surface area contributed by atoms with Gasteiger partial charge in [-0.3, -0.25) is 19.6 Å². The molecular formula is C30H39F3N6O3. The van der Waals surface area contributed by atoms with Crippen molar-refractivity contribution in [3.05, 3.63) is 29.8 Å². The smallest absolute Gasteiger partial charge is 0.272 e. The molecule has 0 unspecified atom stereocenters. The number of nitrogens with one attached hydrogen (secondary N) is 2. The third-order valence-corrected chi connectivity index (χ3v) is 10.2. The zero-order valence-corrected chi connectivity index (χ0v) is 24.8.